The first-order chi connectivity index (χ1) is 11.9. The number of carbonyl (C=O) groups is 1. The van der Waals surface area contributed by atoms with Crippen molar-refractivity contribution in [2.24, 2.45) is 0 Å². The van der Waals surface area contributed by atoms with Crippen LogP contribution in [0.2, 0.25) is 0 Å². The van der Waals surface area contributed by atoms with Crippen molar-refractivity contribution in [3.8, 4) is 5.75 Å². The lowest BCUT2D eigenvalue weighted by Gasteiger charge is -2.26. The normalized spacial score (nSPS) is 15.6. The van der Waals surface area contributed by atoms with Gasteiger partial charge in [-0.1, -0.05) is 23.8 Å². The van der Waals surface area contributed by atoms with E-state index in [1.807, 2.05) is 32.0 Å². The quantitative estimate of drug-likeness (QED) is 0.788. The van der Waals surface area contributed by atoms with Crippen LogP contribution in [0.4, 0.5) is 5.69 Å². The summed E-state index contributed by atoms with van der Waals surface area (Å²) in [5.74, 6) is 0.714. The Hall–Kier alpha value is -2.20. The van der Waals surface area contributed by atoms with Crippen LogP contribution in [0.5, 0.6) is 5.75 Å². The number of anilines is 1. The predicted molar refractivity (Wildman–Crippen MR) is 108 cm³/mol. The summed E-state index contributed by atoms with van der Waals surface area (Å²) in [6, 6.07) is 10.1. The molecule has 140 valence electrons. The standard InChI is InChI=1S/C21H26N2O2.ClH/c1-13-9-14(2)21(15(3)10-13)25-12-20(24)23-19-6-4-5-16-11-17(22)7-8-18(16)19;/h7-11,19H,4-6,12,22H2,1-3H3,(H,23,24);1H. The summed E-state index contributed by atoms with van der Waals surface area (Å²) in [4.78, 5) is 12.4. The molecule has 1 aliphatic carbocycles. The van der Waals surface area contributed by atoms with E-state index in [9.17, 15) is 4.79 Å². The molecule has 26 heavy (non-hydrogen) atoms. The number of aryl methyl sites for hydroxylation is 4. The Morgan fingerprint density at radius 3 is 2.58 bits per heavy atom. The molecule has 1 aliphatic rings. The molecule has 1 amide bonds. The number of nitrogen functional groups attached to an aromatic ring is 1. The molecule has 0 saturated carbocycles. The summed E-state index contributed by atoms with van der Waals surface area (Å²) in [5, 5.41) is 3.11. The van der Waals surface area contributed by atoms with Gasteiger partial charge in [0.05, 0.1) is 6.04 Å². The van der Waals surface area contributed by atoms with Gasteiger partial charge in [-0.05, 0) is 74.4 Å². The minimum absolute atomic E-state index is 0. The molecule has 0 radical (unpaired) electrons. The monoisotopic (exact) mass is 374 g/mol. The van der Waals surface area contributed by atoms with Crippen LogP contribution in [0.15, 0.2) is 30.3 Å². The zero-order valence-corrected chi connectivity index (χ0v) is 16.4. The second kappa shape index (κ2) is 8.45. The first kappa shape index (κ1) is 20.1. The molecule has 2 aromatic rings. The topological polar surface area (TPSA) is 64.3 Å². The summed E-state index contributed by atoms with van der Waals surface area (Å²) in [7, 11) is 0. The molecule has 5 heteroatoms. The maximum absolute atomic E-state index is 12.4. The Morgan fingerprint density at radius 1 is 1.19 bits per heavy atom. The van der Waals surface area contributed by atoms with Gasteiger partial charge in [0, 0.05) is 5.69 Å². The third kappa shape index (κ3) is 4.50. The van der Waals surface area contributed by atoms with Gasteiger partial charge < -0.3 is 15.8 Å². The van der Waals surface area contributed by atoms with Crippen LogP contribution in [0.1, 0.15) is 46.7 Å². The van der Waals surface area contributed by atoms with Crippen LogP contribution in [-0.4, -0.2) is 12.5 Å². The van der Waals surface area contributed by atoms with E-state index in [1.54, 1.807) is 0 Å². The number of halogens is 1. The second-order valence-electron chi connectivity index (χ2n) is 6.99. The average Bonchev–Trinajstić information content (AvgIpc) is 2.53. The van der Waals surface area contributed by atoms with Crippen LogP contribution in [0, 0.1) is 20.8 Å². The van der Waals surface area contributed by atoms with E-state index in [-0.39, 0.29) is 31.0 Å². The van der Waals surface area contributed by atoms with E-state index < -0.39 is 0 Å². The zero-order valence-electron chi connectivity index (χ0n) is 15.6. The fraction of sp³-hybridized carbons (Fsp3) is 0.381. The molecule has 0 heterocycles. The SMILES string of the molecule is Cc1cc(C)c(OCC(=O)NC2CCCc3cc(N)ccc32)c(C)c1.Cl. The number of rotatable bonds is 4. The summed E-state index contributed by atoms with van der Waals surface area (Å²) >= 11 is 0. The number of nitrogens with one attached hydrogen (secondary N) is 1. The first-order valence-electron chi connectivity index (χ1n) is 8.82. The number of benzene rings is 2. The highest BCUT2D eigenvalue weighted by Gasteiger charge is 2.22. The molecule has 1 atom stereocenters. The van der Waals surface area contributed by atoms with E-state index >= 15 is 0 Å². The van der Waals surface area contributed by atoms with Crippen molar-refractivity contribution in [1.29, 1.82) is 0 Å². The van der Waals surface area contributed by atoms with Gasteiger partial charge in [-0.15, -0.1) is 12.4 Å². The Labute approximate surface area is 161 Å². The van der Waals surface area contributed by atoms with Gasteiger partial charge in [-0.3, -0.25) is 4.79 Å². The second-order valence-corrected chi connectivity index (χ2v) is 6.99. The first-order valence-corrected chi connectivity index (χ1v) is 8.82. The largest absolute Gasteiger partial charge is 0.483 e. The van der Waals surface area contributed by atoms with Crippen molar-refractivity contribution in [3.63, 3.8) is 0 Å². The number of ether oxygens (including phenoxy) is 1. The molecule has 0 fully saturated rings. The molecule has 2 aromatic carbocycles. The van der Waals surface area contributed by atoms with Gasteiger partial charge in [0.2, 0.25) is 0 Å². The molecular formula is C21H27ClN2O2. The summed E-state index contributed by atoms with van der Waals surface area (Å²) < 4.78 is 5.80. The Morgan fingerprint density at radius 2 is 1.88 bits per heavy atom. The number of fused-ring (bicyclic) bond motifs is 1. The third-order valence-corrected chi connectivity index (χ3v) is 4.77. The van der Waals surface area contributed by atoms with Gasteiger partial charge in [0.15, 0.2) is 6.61 Å². The van der Waals surface area contributed by atoms with E-state index in [0.717, 1.165) is 41.8 Å². The number of hydrogen-bond acceptors (Lipinski definition) is 3. The Balaban J connectivity index is 0.00000243. The number of amides is 1. The zero-order chi connectivity index (χ0) is 18.0. The van der Waals surface area contributed by atoms with Crippen LogP contribution in [-0.2, 0) is 11.2 Å². The van der Waals surface area contributed by atoms with Gasteiger partial charge >= 0.3 is 0 Å². The highest BCUT2D eigenvalue weighted by molar-refractivity contribution is 5.85. The van der Waals surface area contributed by atoms with E-state index in [2.05, 4.69) is 24.4 Å². The summed E-state index contributed by atoms with van der Waals surface area (Å²) in [6.45, 7) is 6.11. The maximum Gasteiger partial charge on any atom is 0.258 e. The van der Waals surface area contributed by atoms with Crippen molar-refractivity contribution < 1.29 is 9.53 Å². The molecule has 0 aromatic heterocycles. The summed E-state index contributed by atoms with van der Waals surface area (Å²) in [5.41, 5.74) is 12.4. The molecule has 3 rings (SSSR count). The van der Waals surface area contributed by atoms with Crippen molar-refractivity contribution >= 4 is 24.0 Å². The van der Waals surface area contributed by atoms with Crippen LogP contribution < -0.4 is 15.8 Å². The van der Waals surface area contributed by atoms with E-state index in [4.69, 9.17) is 10.5 Å². The molecule has 0 aliphatic heterocycles. The van der Waals surface area contributed by atoms with Crippen molar-refractivity contribution in [2.75, 3.05) is 12.3 Å². The minimum atomic E-state index is -0.0888. The molecule has 0 bridgehead atoms. The van der Waals surface area contributed by atoms with Gasteiger partial charge in [0.1, 0.15) is 5.75 Å². The molecule has 4 nitrogen and oxygen atoms in total. The van der Waals surface area contributed by atoms with Crippen LogP contribution >= 0.6 is 12.4 Å². The Kier molecular flexibility index (Phi) is 6.54. The van der Waals surface area contributed by atoms with E-state index in [0.29, 0.717) is 0 Å². The number of nitrogens with two attached hydrogens (primary N) is 1. The van der Waals surface area contributed by atoms with Crippen molar-refractivity contribution in [1.82, 2.24) is 5.32 Å². The molecule has 3 N–H and O–H groups in total. The van der Waals surface area contributed by atoms with E-state index in [1.165, 1.54) is 16.7 Å². The van der Waals surface area contributed by atoms with Crippen molar-refractivity contribution in [2.45, 2.75) is 46.1 Å². The lowest BCUT2D eigenvalue weighted by atomic mass is 9.87. The minimum Gasteiger partial charge on any atom is -0.483 e. The van der Waals surface area contributed by atoms with Crippen LogP contribution in [0.25, 0.3) is 0 Å². The van der Waals surface area contributed by atoms with Gasteiger partial charge in [-0.2, -0.15) is 0 Å². The lowest BCUT2D eigenvalue weighted by Crippen LogP contribution is -2.34. The fourth-order valence-corrected chi connectivity index (χ4v) is 3.75. The average molecular weight is 375 g/mol. The third-order valence-electron chi connectivity index (χ3n) is 4.77. The Bertz CT molecular complexity index is 782. The van der Waals surface area contributed by atoms with Gasteiger partial charge in [0.25, 0.3) is 5.91 Å². The van der Waals surface area contributed by atoms with Crippen molar-refractivity contribution in [3.05, 3.63) is 58.1 Å². The molecular weight excluding hydrogens is 348 g/mol. The molecule has 0 spiro atoms. The highest BCUT2D eigenvalue weighted by atomic mass is 35.5. The smallest absolute Gasteiger partial charge is 0.258 e. The number of carbonyl (C=O) groups excluding carboxylic acids is 1. The highest BCUT2D eigenvalue weighted by Crippen LogP contribution is 2.31. The van der Waals surface area contributed by atoms with Crippen LogP contribution in [0.3, 0.4) is 0 Å². The summed E-state index contributed by atoms with van der Waals surface area (Å²) in [6.07, 6.45) is 3.02. The molecule has 0 saturated heterocycles. The predicted octanol–water partition coefficient (Wildman–Crippen LogP) is 4.19. The number of hydrogen-bond donors (Lipinski definition) is 2. The molecule has 1 unspecified atom stereocenters. The fourth-order valence-electron chi connectivity index (χ4n) is 3.75. The lowest BCUT2D eigenvalue weighted by molar-refractivity contribution is -0.124. The van der Waals surface area contributed by atoms with Gasteiger partial charge in [-0.25, -0.2) is 0 Å². The maximum atomic E-state index is 12.4.